The van der Waals surface area contributed by atoms with E-state index in [2.05, 4.69) is 5.10 Å². The van der Waals surface area contributed by atoms with Gasteiger partial charge in [0.15, 0.2) is 0 Å². The van der Waals surface area contributed by atoms with Crippen LogP contribution >= 0.6 is 23.8 Å². The molecule has 3 nitrogen and oxygen atoms in total. The van der Waals surface area contributed by atoms with Crippen LogP contribution in [-0.4, -0.2) is 14.8 Å². The summed E-state index contributed by atoms with van der Waals surface area (Å²) >= 11 is 11.1. The van der Waals surface area contributed by atoms with Crippen molar-refractivity contribution in [2.75, 3.05) is 0 Å². The molecule has 0 bridgehead atoms. The van der Waals surface area contributed by atoms with Crippen LogP contribution in [0.1, 0.15) is 22.5 Å². The van der Waals surface area contributed by atoms with Gasteiger partial charge in [0.05, 0.1) is 23.0 Å². The first kappa shape index (κ1) is 13.1. The summed E-state index contributed by atoms with van der Waals surface area (Å²) in [7, 11) is 0. The first-order valence-electron chi connectivity index (χ1n) is 5.57. The summed E-state index contributed by atoms with van der Waals surface area (Å²) in [5.41, 5.74) is 9.41. The molecule has 2 N–H and O–H groups in total. The summed E-state index contributed by atoms with van der Waals surface area (Å²) in [6.45, 7) is 4.52. The van der Waals surface area contributed by atoms with Crippen LogP contribution < -0.4 is 5.73 Å². The number of nitrogens with two attached hydrogens (primary N) is 1. The molecule has 1 aromatic heterocycles. The van der Waals surface area contributed by atoms with Gasteiger partial charge in [-0.15, -0.1) is 0 Å². The lowest BCUT2D eigenvalue weighted by molar-refractivity contribution is 0.659. The number of hydrogen-bond acceptors (Lipinski definition) is 2. The number of aromatic nitrogens is 2. The van der Waals surface area contributed by atoms with E-state index >= 15 is 0 Å². The fraction of sp³-hybridized carbons (Fsp3) is 0.231. The van der Waals surface area contributed by atoms with Gasteiger partial charge in [0, 0.05) is 5.56 Å². The molecule has 0 saturated heterocycles. The minimum atomic E-state index is 0.406. The zero-order valence-electron chi connectivity index (χ0n) is 10.3. The van der Waals surface area contributed by atoms with Crippen molar-refractivity contribution in [1.29, 1.82) is 0 Å². The molecule has 0 fully saturated rings. The molecule has 94 valence electrons. The van der Waals surface area contributed by atoms with Gasteiger partial charge < -0.3 is 5.73 Å². The van der Waals surface area contributed by atoms with E-state index in [0.717, 1.165) is 27.5 Å². The molecule has 1 aromatic carbocycles. The van der Waals surface area contributed by atoms with Crippen molar-refractivity contribution in [2.45, 2.75) is 20.4 Å². The van der Waals surface area contributed by atoms with Crippen molar-refractivity contribution >= 4 is 28.8 Å². The minimum Gasteiger partial charge on any atom is -0.389 e. The second-order valence-electron chi connectivity index (χ2n) is 4.21. The molecule has 1 heterocycles. The van der Waals surface area contributed by atoms with Gasteiger partial charge in [-0.3, -0.25) is 4.68 Å². The van der Waals surface area contributed by atoms with E-state index in [1.807, 2.05) is 42.8 Å². The first-order chi connectivity index (χ1) is 8.49. The zero-order chi connectivity index (χ0) is 13.3. The van der Waals surface area contributed by atoms with Crippen molar-refractivity contribution in [3.8, 4) is 0 Å². The lowest BCUT2D eigenvalue weighted by Crippen LogP contribution is -2.10. The molecule has 5 heteroatoms. The maximum atomic E-state index is 6.12. The van der Waals surface area contributed by atoms with Crippen LogP contribution in [0.4, 0.5) is 0 Å². The smallest absolute Gasteiger partial charge is 0.103 e. The van der Waals surface area contributed by atoms with E-state index < -0.39 is 0 Å². The van der Waals surface area contributed by atoms with Crippen LogP contribution in [-0.2, 0) is 6.54 Å². The second kappa shape index (κ2) is 5.08. The minimum absolute atomic E-state index is 0.406. The summed E-state index contributed by atoms with van der Waals surface area (Å²) in [6, 6.07) is 7.84. The van der Waals surface area contributed by atoms with E-state index in [4.69, 9.17) is 29.6 Å². The summed E-state index contributed by atoms with van der Waals surface area (Å²) in [5, 5.41) is 5.12. The molecule has 0 radical (unpaired) electrons. The highest BCUT2D eigenvalue weighted by molar-refractivity contribution is 7.80. The standard InChI is InChI=1S/C13H14ClN3S/c1-8-12(14)9(2)17(16-8)7-10-4-3-5-11(6-10)13(15)18/h3-6H,7H2,1-2H3,(H2,15,18). The molecular weight excluding hydrogens is 266 g/mol. The quantitative estimate of drug-likeness (QED) is 0.879. The number of hydrogen-bond donors (Lipinski definition) is 1. The maximum Gasteiger partial charge on any atom is 0.103 e. The van der Waals surface area contributed by atoms with Gasteiger partial charge in [0.2, 0.25) is 0 Å². The number of halogens is 1. The average molecular weight is 280 g/mol. The Labute approximate surface area is 117 Å². The Morgan fingerprint density at radius 1 is 1.44 bits per heavy atom. The Kier molecular flexibility index (Phi) is 3.68. The van der Waals surface area contributed by atoms with Crippen LogP contribution in [0.2, 0.25) is 5.02 Å². The Bertz CT molecular complexity index is 604. The van der Waals surface area contributed by atoms with Gasteiger partial charge in [-0.2, -0.15) is 5.10 Å². The molecule has 0 saturated carbocycles. The van der Waals surface area contributed by atoms with Crippen molar-refractivity contribution in [3.63, 3.8) is 0 Å². The van der Waals surface area contributed by atoms with Crippen LogP contribution in [0.25, 0.3) is 0 Å². The Hall–Kier alpha value is -1.39. The number of nitrogens with zero attached hydrogens (tertiary/aromatic N) is 2. The van der Waals surface area contributed by atoms with Crippen molar-refractivity contribution in [1.82, 2.24) is 9.78 Å². The topological polar surface area (TPSA) is 43.8 Å². The first-order valence-corrected chi connectivity index (χ1v) is 6.36. The van der Waals surface area contributed by atoms with Gasteiger partial charge >= 0.3 is 0 Å². The van der Waals surface area contributed by atoms with E-state index in [0.29, 0.717) is 11.5 Å². The third-order valence-corrected chi connectivity index (χ3v) is 3.62. The van der Waals surface area contributed by atoms with E-state index in [1.165, 1.54) is 0 Å². The van der Waals surface area contributed by atoms with Crippen molar-refractivity contribution in [3.05, 3.63) is 51.8 Å². The molecule has 2 rings (SSSR count). The predicted molar refractivity (Wildman–Crippen MR) is 78.1 cm³/mol. The van der Waals surface area contributed by atoms with Gasteiger partial charge in [-0.25, -0.2) is 0 Å². The Balaban J connectivity index is 2.31. The lowest BCUT2D eigenvalue weighted by atomic mass is 10.1. The average Bonchev–Trinajstić information content (AvgIpc) is 2.57. The Morgan fingerprint density at radius 3 is 2.72 bits per heavy atom. The van der Waals surface area contributed by atoms with E-state index in [9.17, 15) is 0 Å². The van der Waals surface area contributed by atoms with Gasteiger partial charge in [-0.05, 0) is 25.5 Å². The summed E-state index contributed by atoms with van der Waals surface area (Å²) in [5.74, 6) is 0. The highest BCUT2D eigenvalue weighted by Gasteiger charge is 2.09. The molecule has 0 atom stereocenters. The number of rotatable bonds is 3. The van der Waals surface area contributed by atoms with Crippen LogP contribution in [0.3, 0.4) is 0 Å². The molecule has 2 aromatic rings. The third-order valence-electron chi connectivity index (χ3n) is 2.84. The predicted octanol–water partition coefficient (Wildman–Crippen LogP) is 2.84. The fourth-order valence-electron chi connectivity index (χ4n) is 1.82. The molecule has 0 spiro atoms. The number of thiocarbonyl (C=S) groups is 1. The van der Waals surface area contributed by atoms with Gasteiger partial charge in [0.1, 0.15) is 4.99 Å². The highest BCUT2D eigenvalue weighted by atomic mass is 35.5. The maximum absolute atomic E-state index is 6.12. The summed E-state index contributed by atoms with van der Waals surface area (Å²) in [6.07, 6.45) is 0. The van der Waals surface area contributed by atoms with Gasteiger partial charge in [-0.1, -0.05) is 42.0 Å². The van der Waals surface area contributed by atoms with Crippen LogP contribution in [0, 0.1) is 13.8 Å². The number of benzene rings is 1. The lowest BCUT2D eigenvalue weighted by Gasteiger charge is -2.06. The second-order valence-corrected chi connectivity index (χ2v) is 5.02. The molecule has 0 unspecified atom stereocenters. The summed E-state index contributed by atoms with van der Waals surface area (Å²) in [4.78, 5) is 0.406. The molecule has 0 aliphatic carbocycles. The van der Waals surface area contributed by atoms with Crippen molar-refractivity contribution < 1.29 is 0 Å². The third kappa shape index (κ3) is 2.54. The van der Waals surface area contributed by atoms with Crippen LogP contribution in [0.5, 0.6) is 0 Å². The monoisotopic (exact) mass is 279 g/mol. The fourth-order valence-corrected chi connectivity index (χ4v) is 2.09. The Morgan fingerprint density at radius 2 is 2.17 bits per heavy atom. The largest absolute Gasteiger partial charge is 0.389 e. The van der Waals surface area contributed by atoms with E-state index in [-0.39, 0.29) is 0 Å². The molecule has 0 amide bonds. The molecule has 0 aliphatic heterocycles. The van der Waals surface area contributed by atoms with Crippen molar-refractivity contribution in [2.24, 2.45) is 5.73 Å². The zero-order valence-corrected chi connectivity index (χ0v) is 11.8. The normalized spacial score (nSPS) is 10.6. The highest BCUT2D eigenvalue weighted by Crippen LogP contribution is 2.20. The summed E-state index contributed by atoms with van der Waals surface area (Å²) < 4.78 is 1.89. The molecular formula is C13H14ClN3S. The molecule has 18 heavy (non-hydrogen) atoms. The van der Waals surface area contributed by atoms with Crippen LogP contribution in [0.15, 0.2) is 24.3 Å². The number of aryl methyl sites for hydroxylation is 1. The SMILES string of the molecule is Cc1nn(Cc2cccc(C(N)=S)c2)c(C)c1Cl. The van der Waals surface area contributed by atoms with Gasteiger partial charge in [0.25, 0.3) is 0 Å². The molecule has 0 aliphatic rings. The van der Waals surface area contributed by atoms with E-state index in [1.54, 1.807) is 0 Å².